The lowest BCUT2D eigenvalue weighted by Gasteiger charge is -2.27. The molecule has 0 saturated carbocycles. The summed E-state index contributed by atoms with van der Waals surface area (Å²) in [5.41, 5.74) is 0. The molecule has 0 aliphatic carbocycles. The molecule has 1 saturated heterocycles. The number of sulfonamides is 1. The third-order valence-electron chi connectivity index (χ3n) is 3.28. The first-order chi connectivity index (χ1) is 9.58. The van der Waals surface area contributed by atoms with E-state index in [1.54, 1.807) is 0 Å². The van der Waals surface area contributed by atoms with Crippen LogP contribution in [-0.4, -0.2) is 52.6 Å². The Hall–Kier alpha value is -0.440. The average Bonchev–Trinajstić information content (AvgIpc) is 2.45. The summed E-state index contributed by atoms with van der Waals surface area (Å²) in [5.74, 6) is -0.442. The van der Waals surface area contributed by atoms with E-state index in [4.69, 9.17) is 0 Å². The summed E-state index contributed by atoms with van der Waals surface area (Å²) in [6.07, 6.45) is 0.764. The molecular formula is C13H22Cl2FN3O2S. The highest BCUT2D eigenvalue weighted by atomic mass is 35.5. The van der Waals surface area contributed by atoms with Crippen LogP contribution >= 0.6 is 24.8 Å². The van der Waals surface area contributed by atoms with Crippen molar-refractivity contribution in [1.82, 2.24) is 14.9 Å². The zero-order valence-electron chi connectivity index (χ0n) is 12.1. The predicted octanol–water partition coefficient (Wildman–Crippen LogP) is 1.24. The van der Waals surface area contributed by atoms with E-state index in [0.717, 1.165) is 51.3 Å². The monoisotopic (exact) mass is 373 g/mol. The lowest BCUT2D eigenvalue weighted by molar-refractivity contribution is 0.239. The fourth-order valence-electron chi connectivity index (χ4n) is 2.14. The van der Waals surface area contributed by atoms with Crippen LogP contribution in [0.5, 0.6) is 0 Å². The molecule has 0 atom stereocenters. The van der Waals surface area contributed by atoms with Crippen LogP contribution in [0.4, 0.5) is 4.39 Å². The van der Waals surface area contributed by atoms with Gasteiger partial charge < -0.3 is 10.2 Å². The van der Waals surface area contributed by atoms with E-state index < -0.39 is 15.8 Å². The number of hydrogen-bond donors (Lipinski definition) is 2. The number of hydrogen-bond acceptors (Lipinski definition) is 4. The van der Waals surface area contributed by atoms with Crippen molar-refractivity contribution in [3.05, 3.63) is 30.1 Å². The molecule has 0 amide bonds. The maximum atomic E-state index is 12.8. The summed E-state index contributed by atoms with van der Waals surface area (Å²) in [4.78, 5) is 2.41. The molecule has 1 aromatic rings. The quantitative estimate of drug-likeness (QED) is 0.736. The van der Waals surface area contributed by atoms with Crippen LogP contribution in [0.2, 0.25) is 0 Å². The van der Waals surface area contributed by atoms with Gasteiger partial charge in [0.2, 0.25) is 10.0 Å². The van der Waals surface area contributed by atoms with Crippen molar-refractivity contribution in [2.45, 2.75) is 11.3 Å². The Morgan fingerprint density at radius 1 is 1.14 bits per heavy atom. The molecule has 1 heterocycles. The van der Waals surface area contributed by atoms with Gasteiger partial charge in [-0.1, -0.05) is 0 Å². The Kier molecular flexibility index (Phi) is 10.1. The van der Waals surface area contributed by atoms with Gasteiger partial charge in [-0.3, -0.25) is 0 Å². The minimum absolute atomic E-state index is 0. The Bertz CT molecular complexity index is 523. The molecule has 2 N–H and O–H groups in total. The molecule has 5 nitrogen and oxygen atoms in total. The largest absolute Gasteiger partial charge is 0.314 e. The first kappa shape index (κ1) is 21.6. The van der Waals surface area contributed by atoms with E-state index in [1.807, 2.05) is 0 Å². The van der Waals surface area contributed by atoms with Gasteiger partial charge in [-0.2, -0.15) is 0 Å². The third kappa shape index (κ3) is 6.76. The number of benzene rings is 1. The lowest BCUT2D eigenvalue weighted by Crippen LogP contribution is -2.44. The van der Waals surface area contributed by atoms with Crippen molar-refractivity contribution in [1.29, 1.82) is 0 Å². The minimum Gasteiger partial charge on any atom is -0.314 e. The Balaban J connectivity index is 0.00000220. The summed E-state index contributed by atoms with van der Waals surface area (Å²) >= 11 is 0. The van der Waals surface area contributed by atoms with Gasteiger partial charge in [0.05, 0.1) is 4.90 Å². The van der Waals surface area contributed by atoms with Crippen molar-refractivity contribution >= 4 is 34.8 Å². The molecule has 2 rings (SSSR count). The maximum Gasteiger partial charge on any atom is 0.240 e. The molecule has 1 fully saturated rings. The Labute approximate surface area is 143 Å². The average molecular weight is 374 g/mol. The van der Waals surface area contributed by atoms with Crippen LogP contribution in [-0.2, 0) is 10.0 Å². The topological polar surface area (TPSA) is 61.4 Å². The fraction of sp³-hybridized carbons (Fsp3) is 0.538. The predicted molar refractivity (Wildman–Crippen MR) is 90.0 cm³/mol. The number of piperazine rings is 1. The van der Waals surface area contributed by atoms with E-state index in [0.29, 0.717) is 6.54 Å². The van der Waals surface area contributed by atoms with E-state index in [1.165, 1.54) is 12.1 Å². The summed E-state index contributed by atoms with van der Waals surface area (Å²) in [5, 5.41) is 3.27. The molecule has 0 unspecified atom stereocenters. The molecular weight excluding hydrogens is 352 g/mol. The Morgan fingerprint density at radius 2 is 1.73 bits per heavy atom. The molecule has 1 aliphatic heterocycles. The minimum atomic E-state index is -3.53. The van der Waals surface area contributed by atoms with E-state index >= 15 is 0 Å². The van der Waals surface area contributed by atoms with Crippen LogP contribution in [0.1, 0.15) is 6.42 Å². The molecule has 0 bridgehead atoms. The number of rotatable bonds is 6. The first-order valence-corrected chi connectivity index (χ1v) is 8.24. The molecule has 1 aromatic carbocycles. The van der Waals surface area contributed by atoms with Gasteiger partial charge in [-0.15, -0.1) is 24.8 Å². The number of halogens is 3. The summed E-state index contributed by atoms with van der Waals surface area (Å²) in [6, 6.07) is 4.84. The maximum absolute atomic E-state index is 12.8. The highest BCUT2D eigenvalue weighted by molar-refractivity contribution is 7.89. The van der Waals surface area contributed by atoms with Gasteiger partial charge >= 0.3 is 0 Å². The van der Waals surface area contributed by atoms with Gasteiger partial charge in [0.1, 0.15) is 5.82 Å². The van der Waals surface area contributed by atoms with E-state index in [-0.39, 0.29) is 29.7 Å². The first-order valence-electron chi connectivity index (χ1n) is 6.76. The highest BCUT2D eigenvalue weighted by Crippen LogP contribution is 2.09. The molecule has 22 heavy (non-hydrogen) atoms. The molecule has 0 aromatic heterocycles. The molecule has 1 aliphatic rings. The second-order valence-electron chi connectivity index (χ2n) is 4.80. The standard InChI is InChI=1S/C13H20FN3O2S.2ClH/c14-12-2-4-13(5-3-12)20(18,19)16-6-1-9-17-10-7-15-8-11-17;;/h2-5,15-16H,1,6-11H2;2*1H. The van der Waals surface area contributed by atoms with Gasteiger partial charge in [-0.25, -0.2) is 17.5 Å². The summed E-state index contributed by atoms with van der Waals surface area (Å²) < 4.78 is 39.2. The summed E-state index contributed by atoms with van der Waals surface area (Å²) in [7, 11) is -3.53. The molecule has 0 radical (unpaired) electrons. The molecule has 9 heteroatoms. The SMILES string of the molecule is Cl.Cl.O=S(=O)(NCCCN1CCNCC1)c1ccc(F)cc1. The third-order valence-corrected chi connectivity index (χ3v) is 4.75. The van der Waals surface area contributed by atoms with Crippen LogP contribution < -0.4 is 10.0 Å². The van der Waals surface area contributed by atoms with E-state index in [2.05, 4.69) is 14.9 Å². The Morgan fingerprint density at radius 3 is 2.32 bits per heavy atom. The van der Waals surface area contributed by atoms with Crippen molar-refractivity contribution < 1.29 is 12.8 Å². The highest BCUT2D eigenvalue weighted by Gasteiger charge is 2.14. The van der Waals surface area contributed by atoms with Crippen LogP contribution in [0.3, 0.4) is 0 Å². The van der Waals surface area contributed by atoms with Crippen molar-refractivity contribution in [3.63, 3.8) is 0 Å². The van der Waals surface area contributed by atoms with Gasteiger partial charge in [-0.05, 0) is 37.2 Å². The zero-order valence-corrected chi connectivity index (χ0v) is 14.6. The van der Waals surface area contributed by atoms with Gasteiger partial charge in [0.25, 0.3) is 0 Å². The summed E-state index contributed by atoms with van der Waals surface area (Å²) in [6.45, 7) is 5.26. The van der Waals surface area contributed by atoms with Crippen LogP contribution in [0.15, 0.2) is 29.2 Å². The molecule has 128 valence electrons. The van der Waals surface area contributed by atoms with Crippen LogP contribution in [0.25, 0.3) is 0 Å². The van der Waals surface area contributed by atoms with E-state index in [9.17, 15) is 12.8 Å². The zero-order chi connectivity index (χ0) is 14.4. The normalized spacial score (nSPS) is 15.7. The number of nitrogens with one attached hydrogen (secondary N) is 2. The van der Waals surface area contributed by atoms with Crippen LogP contribution in [0, 0.1) is 5.82 Å². The number of nitrogens with zero attached hydrogens (tertiary/aromatic N) is 1. The fourth-order valence-corrected chi connectivity index (χ4v) is 3.22. The van der Waals surface area contributed by atoms with Crippen molar-refractivity contribution in [2.24, 2.45) is 0 Å². The molecule has 0 spiro atoms. The van der Waals surface area contributed by atoms with Crippen molar-refractivity contribution in [3.8, 4) is 0 Å². The second-order valence-corrected chi connectivity index (χ2v) is 6.56. The van der Waals surface area contributed by atoms with Crippen molar-refractivity contribution in [2.75, 3.05) is 39.3 Å². The van der Waals surface area contributed by atoms with Gasteiger partial charge in [0.15, 0.2) is 0 Å². The van der Waals surface area contributed by atoms with Gasteiger partial charge in [0, 0.05) is 32.7 Å². The second kappa shape index (κ2) is 10.4. The lowest BCUT2D eigenvalue weighted by atomic mass is 10.3. The smallest absolute Gasteiger partial charge is 0.240 e.